The molecular weight excluding hydrogens is 304 g/mol. The predicted molar refractivity (Wildman–Crippen MR) is 97.3 cm³/mol. The molecule has 1 aliphatic heterocycles. The number of hydrogen-bond acceptors (Lipinski definition) is 4. The molecule has 0 radical (unpaired) electrons. The van der Waals surface area contributed by atoms with Crippen molar-refractivity contribution in [2.24, 2.45) is 18.0 Å². The number of morpholine rings is 1. The highest BCUT2D eigenvalue weighted by atomic mass is 16.5. The topological polar surface area (TPSA) is 66.7 Å². The van der Waals surface area contributed by atoms with Crippen LogP contribution in [0.15, 0.2) is 17.4 Å². The van der Waals surface area contributed by atoms with E-state index in [0.29, 0.717) is 5.92 Å². The summed E-state index contributed by atoms with van der Waals surface area (Å²) >= 11 is 0. The molecule has 0 aliphatic carbocycles. The average molecular weight is 336 g/mol. The quantitative estimate of drug-likeness (QED) is 0.560. The number of aryl methyl sites for hydroxylation is 1. The zero-order valence-corrected chi connectivity index (χ0v) is 15.5. The Bertz CT molecular complexity index is 513. The van der Waals surface area contributed by atoms with Crippen molar-refractivity contribution in [1.82, 2.24) is 25.3 Å². The third-order valence-electron chi connectivity index (χ3n) is 4.03. The molecule has 136 valence electrons. The highest BCUT2D eigenvalue weighted by Crippen LogP contribution is 2.07. The molecule has 1 aromatic rings. The molecule has 2 N–H and O–H groups in total. The van der Waals surface area contributed by atoms with Crippen LogP contribution in [0, 0.1) is 5.92 Å². The molecule has 24 heavy (non-hydrogen) atoms. The molecular formula is C17H32N6O. The van der Waals surface area contributed by atoms with Gasteiger partial charge in [-0.25, -0.2) is 0 Å². The maximum absolute atomic E-state index is 5.86. The van der Waals surface area contributed by atoms with Gasteiger partial charge in [-0.2, -0.15) is 5.10 Å². The molecule has 2 heterocycles. The van der Waals surface area contributed by atoms with E-state index >= 15 is 0 Å². The van der Waals surface area contributed by atoms with Gasteiger partial charge in [0.25, 0.3) is 0 Å². The van der Waals surface area contributed by atoms with Crippen LogP contribution in [0.4, 0.5) is 0 Å². The van der Waals surface area contributed by atoms with Crippen LogP contribution >= 0.6 is 0 Å². The minimum absolute atomic E-state index is 0.217. The van der Waals surface area contributed by atoms with Crippen LogP contribution in [0.1, 0.15) is 19.4 Å². The summed E-state index contributed by atoms with van der Waals surface area (Å²) in [5.41, 5.74) is 1.22. The van der Waals surface area contributed by atoms with Gasteiger partial charge in [0, 0.05) is 53.0 Å². The molecule has 1 aliphatic rings. The Kier molecular flexibility index (Phi) is 7.52. The molecule has 1 unspecified atom stereocenters. The molecule has 0 saturated carbocycles. The molecule has 7 nitrogen and oxygen atoms in total. The zero-order chi connectivity index (χ0) is 17.4. The number of rotatable bonds is 7. The first-order chi connectivity index (χ1) is 11.6. The van der Waals surface area contributed by atoms with Crippen molar-refractivity contribution in [3.8, 4) is 0 Å². The van der Waals surface area contributed by atoms with Gasteiger partial charge in [-0.05, 0) is 17.9 Å². The average Bonchev–Trinajstić information content (AvgIpc) is 2.96. The second kappa shape index (κ2) is 9.64. The number of ether oxygens (including phenoxy) is 1. The van der Waals surface area contributed by atoms with Gasteiger partial charge in [-0.1, -0.05) is 13.8 Å². The van der Waals surface area contributed by atoms with E-state index in [0.717, 1.165) is 51.7 Å². The van der Waals surface area contributed by atoms with E-state index < -0.39 is 0 Å². The van der Waals surface area contributed by atoms with Gasteiger partial charge in [-0.3, -0.25) is 14.6 Å². The minimum Gasteiger partial charge on any atom is -0.374 e. The molecule has 0 spiro atoms. The molecule has 1 fully saturated rings. The second-order valence-electron chi connectivity index (χ2n) is 6.80. The Hall–Kier alpha value is -1.60. The van der Waals surface area contributed by atoms with E-state index in [1.807, 2.05) is 24.1 Å². The van der Waals surface area contributed by atoms with Crippen LogP contribution in [-0.4, -0.2) is 73.1 Å². The Morgan fingerprint density at radius 1 is 1.46 bits per heavy atom. The fraction of sp³-hybridized carbons (Fsp3) is 0.765. The first-order valence-corrected chi connectivity index (χ1v) is 8.82. The van der Waals surface area contributed by atoms with E-state index in [1.165, 1.54) is 5.56 Å². The van der Waals surface area contributed by atoms with Crippen LogP contribution in [0.25, 0.3) is 0 Å². The van der Waals surface area contributed by atoms with Crippen molar-refractivity contribution >= 4 is 5.96 Å². The molecule has 1 saturated heterocycles. The number of aliphatic imine (C=N–C) groups is 1. The first-order valence-electron chi connectivity index (χ1n) is 8.82. The minimum atomic E-state index is 0.217. The fourth-order valence-corrected chi connectivity index (χ4v) is 2.94. The van der Waals surface area contributed by atoms with Crippen LogP contribution in [0.3, 0.4) is 0 Å². The van der Waals surface area contributed by atoms with Crippen molar-refractivity contribution < 1.29 is 4.74 Å². The number of aromatic nitrogens is 2. The zero-order valence-electron chi connectivity index (χ0n) is 15.5. The standard InChI is InChI=1S/C17H32N6O/c1-14(2)11-23-7-8-24-16(13-23)10-20-17(18-3)19-6-5-15-9-21-22(4)12-15/h9,12,14,16H,5-8,10-11,13H2,1-4H3,(H2,18,19,20). The molecule has 0 bridgehead atoms. The second-order valence-corrected chi connectivity index (χ2v) is 6.80. The highest BCUT2D eigenvalue weighted by Gasteiger charge is 2.20. The molecule has 2 rings (SSSR count). The van der Waals surface area contributed by atoms with Gasteiger partial charge in [-0.15, -0.1) is 0 Å². The SMILES string of the molecule is CN=C(NCCc1cnn(C)c1)NCC1CN(CC(C)C)CCO1. The Labute approximate surface area is 145 Å². The first kappa shape index (κ1) is 18.7. The van der Waals surface area contributed by atoms with Crippen molar-refractivity contribution in [3.63, 3.8) is 0 Å². The molecule has 1 aromatic heterocycles. The van der Waals surface area contributed by atoms with Crippen LogP contribution in [0.5, 0.6) is 0 Å². The maximum atomic E-state index is 5.86. The summed E-state index contributed by atoms with van der Waals surface area (Å²) in [4.78, 5) is 6.77. The van der Waals surface area contributed by atoms with Crippen molar-refractivity contribution in [3.05, 3.63) is 18.0 Å². The van der Waals surface area contributed by atoms with E-state index in [1.54, 1.807) is 7.05 Å². The van der Waals surface area contributed by atoms with E-state index in [4.69, 9.17) is 4.74 Å². The van der Waals surface area contributed by atoms with Crippen molar-refractivity contribution in [1.29, 1.82) is 0 Å². The number of hydrogen-bond donors (Lipinski definition) is 2. The third-order valence-corrected chi connectivity index (χ3v) is 4.03. The lowest BCUT2D eigenvalue weighted by atomic mass is 10.2. The van der Waals surface area contributed by atoms with Gasteiger partial charge < -0.3 is 15.4 Å². The third kappa shape index (κ3) is 6.49. The number of nitrogens with zero attached hydrogens (tertiary/aromatic N) is 4. The lowest BCUT2D eigenvalue weighted by Crippen LogP contribution is -2.50. The summed E-state index contributed by atoms with van der Waals surface area (Å²) in [7, 11) is 3.73. The Morgan fingerprint density at radius 2 is 2.29 bits per heavy atom. The van der Waals surface area contributed by atoms with Crippen LogP contribution < -0.4 is 10.6 Å². The summed E-state index contributed by atoms with van der Waals surface area (Å²) in [6, 6.07) is 0. The summed E-state index contributed by atoms with van der Waals surface area (Å²) in [6.07, 6.45) is 5.08. The number of nitrogens with one attached hydrogen (secondary N) is 2. The monoisotopic (exact) mass is 336 g/mol. The van der Waals surface area contributed by atoms with Gasteiger partial charge in [0.1, 0.15) is 0 Å². The number of guanidine groups is 1. The molecule has 7 heteroatoms. The Morgan fingerprint density at radius 3 is 2.96 bits per heavy atom. The lowest BCUT2D eigenvalue weighted by molar-refractivity contribution is -0.0284. The van der Waals surface area contributed by atoms with E-state index in [-0.39, 0.29) is 6.10 Å². The van der Waals surface area contributed by atoms with Crippen LogP contribution in [-0.2, 0) is 18.2 Å². The Balaban J connectivity index is 1.67. The normalized spacial score (nSPS) is 19.7. The predicted octanol–water partition coefficient (Wildman–Crippen LogP) is 0.484. The fourth-order valence-electron chi connectivity index (χ4n) is 2.94. The summed E-state index contributed by atoms with van der Waals surface area (Å²) in [5.74, 6) is 1.52. The lowest BCUT2D eigenvalue weighted by Gasteiger charge is -2.34. The summed E-state index contributed by atoms with van der Waals surface area (Å²) in [5, 5.41) is 10.9. The highest BCUT2D eigenvalue weighted by molar-refractivity contribution is 5.79. The molecule has 0 aromatic carbocycles. The maximum Gasteiger partial charge on any atom is 0.191 e. The van der Waals surface area contributed by atoms with Gasteiger partial charge in [0.05, 0.1) is 18.9 Å². The molecule has 1 atom stereocenters. The summed E-state index contributed by atoms with van der Waals surface area (Å²) in [6.45, 7) is 10.1. The van der Waals surface area contributed by atoms with Crippen molar-refractivity contribution in [2.75, 3.05) is 46.4 Å². The molecule has 0 amide bonds. The summed E-state index contributed by atoms with van der Waals surface area (Å²) < 4.78 is 7.69. The van der Waals surface area contributed by atoms with E-state index in [9.17, 15) is 0 Å². The van der Waals surface area contributed by atoms with Crippen molar-refractivity contribution in [2.45, 2.75) is 26.4 Å². The van der Waals surface area contributed by atoms with Gasteiger partial charge in [0.15, 0.2) is 5.96 Å². The van der Waals surface area contributed by atoms with Crippen LogP contribution in [0.2, 0.25) is 0 Å². The largest absolute Gasteiger partial charge is 0.374 e. The van der Waals surface area contributed by atoms with Gasteiger partial charge >= 0.3 is 0 Å². The smallest absolute Gasteiger partial charge is 0.191 e. The van der Waals surface area contributed by atoms with Gasteiger partial charge in [0.2, 0.25) is 0 Å². The van der Waals surface area contributed by atoms with E-state index in [2.05, 4.69) is 39.5 Å².